The van der Waals surface area contributed by atoms with Crippen molar-refractivity contribution in [2.24, 2.45) is 17.6 Å². The molecule has 6 heteroatoms. The van der Waals surface area contributed by atoms with Crippen LogP contribution in [0.4, 0.5) is 0 Å². The quantitative estimate of drug-likeness (QED) is 0.826. The minimum atomic E-state index is -0.00370. The summed E-state index contributed by atoms with van der Waals surface area (Å²) in [6.45, 7) is 4.65. The second-order valence-corrected chi connectivity index (χ2v) is 8.12. The highest BCUT2D eigenvalue weighted by Crippen LogP contribution is 2.39. The first-order valence-electron chi connectivity index (χ1n) is 9.17. The maximum Gasteiger partial charge on any atom is 0.226 e. The Morgan fingerprint density at radius 3 is 2.83 bits per heavy atom. The smallest absolute Gasteiger partial charge is 0.226 e. The fraction of sp³-hybridized carbons (Fsp3) is 0.778. The minimum Gasteiger partial charge on any atom is -0.372 e. The normalized spacial score (nSPS) is 30.8. The van der Waals surface area contributed by atoms with Gasteiger partial charge in [-0.3, -0.25) is 4.79 Å². The third-order valence-electron chi connectivity index (χ3n) is 5.38. The second-order valence-electron chi connectivity index (χ2n) is 7.23. The molecule has 24 heavy (non-hydrogen) atoms. The number of amides is 1. The second kappa shape index (κ2) is 7.93. The fourth-order valence-corrected chi connectivity index (χ4v) is 5.16. The van der Waals surface area contributed by atoms with E-state index in [4.69, 9.17) is 10.5 Å². The number of rotatable bonds is 6. The molecule has 0 spiro atoms. The van der Waals surface area contributed by atoms with Crippen LogP contribution in [0.25, 0.3) is 0 Å². The molecule has 1 heterocycles. The van der Waals surface area contributed by atoms with E-state index < -0.39 is 0 Å². The maximum atomic E-state index is 12.5. The summed E-state index contributed by atoms with van der Waals surface area (Å²) in [5, 5.41) is 6.21. The Balaban J connectivity index is 1.56. The lowest BCUT2D eigenvalue weighted by atomic mass is 9.67. The van der Waals surface area contributed by atoms with Gasteiger partial charge in [0, 0.05) is 24.1 Å². The lowest BCUT2D eigenvalue weighted by Gasteiger charge is -2.45. The van der Waals surface area contributed by atoms with Gasteiger partial charge < -0.3 is 15.8 Å². The van der Waals surface area contributed by atoms with Crippen molar-refractivity contribution < 1.29 is 9.53 Å². The standard InChI is InChI=1S/C18H29N3O2S/c1-3-23-11(2)18-20-15(10-24-18)9-16(22)21-17-12-5-4-6-13(17)8-14(19)7-12/h10-14,17H,3-9,19H2,1-2H3,(H,21,22). The van der Waals surface area contributed by atoms with Gasteiger partial charge in [-0.1, -0.05) is 6.42 Å². The lowest BCUT2D eigenvalue weighted by Crippen LogP contribution is -2.54. The Morgan fingerprint density at radius 2 is 2.17 bits per heavy atom. The Bertz CT molecular complexity index is 548. The molecule has 0 saturated heterocycles. The van der Waals surface area contributed by atoms with Crippen molar-refractivity contribution in [2.45, 2.75) is 70.6 Å². The van der Waals surface area contributed by atoms with Crippen LogP contribution in [0.15, 0.2) is 5.38 Å². The molecule has 2 saturated carbocycles. The van der Waals surface area contributed by atoms with Gasteiger partial charge in [-0.15, -0.1) is 11.3 Å². The van der Waals surface area contributed by atoms with Gasteiger partial charge in [0.1, 0.15) is 11.1 Å². The van der Waals surface area contributed by atoms with E-state index in [9.17, 15) is 4.79 Å². The molecule has 5 nitrogen and oxygen atoms in total. The van der Waals surface area contributed by atoms with Gasteiger partial charge in [-0.25, -0.2) is 4.98 Å². The maximum absolute atomic E-state index is 12.5. The number of fused-ring (bicyclic) bond motifs is 2. The minimum absolute atomic E-state index is 0.00370. The van der Waals surface area contributed by atoms with Gasteiger partial charge in [0.2, 0.25) is 5.91 Å². The molecule has 1 aromatic rings. The third kappa shape index (κ3) is 4.16. The number of carbonyl (C=O) groups excluding carboxylic acids is 1. The van der Waals surface area contributed by atoms with Gasteiger partial charge in [0.05, 0.1) is 12.1 Å². The van der Waals surface area contributed by atoms with Crippen LogP contribution in [0, 0.1) is 11.8 Å². The molecule has 1 aromatic heterocycles. The molecule has 3 rings (SSSR count). The Kier molecular flexibility index (Phi) is 5.89. The molecular formula is C18H29N3O2S. The SMILES string of the molecule is CCOC(C)c1nc(CC(=O)NC2C3CCCC2CC(N)C3)cs1. The zero-order chi connectivity index (χ0) is 17.1. The molecule has 3 atom stereocenters. The van der Waals surface area contributed by atoms with Crippen molar-refractivity contribution >= 4 is 17.2 Å². The molecule has 2 fully saturated rings. The highest BCUT2D eigenvalue weighted by atomic mass is 32.1. The summed E-state index contributed by atoms with van der Waals surface area (Å²) in [7, 11) is 0. The number of nitrogens with zero attached hydrogens (tertiary/aromatic N) is 1. The summed E-state index contributed by atoms with van der Waals surface area (Å²) in [6.07, 6.45) is 6.12. The molecule has 0 radical (unpaired) electrons. The van der Waals surface area contributed by atoms with Gasteiger partial charge in [0.15, 0.2) is 0 Å². The van der Waals surface area contributed by atoms with Crippen LogP contribution >= 0.6 is 11.3 Å². The van der Waals surface area contributed by atoms with Crippen LogP contribution in [0.1, 0.15) is 62.8 Å². The number of nitrogens with two attached hydrogens (primary N) is 1. The monoisotopic (exact) mass is 351 g/mol. The van der Waals surface area contributed by atoms with Gasteiger partial charge >= 0.3 is 0 Å². The lowest BCUT2D eigenvalue weighted by molar-refractivity contribution is -0.122. The number of thiazole rings is 1. The van der Waals surface area contributed by atoms with E-state index >= 15 is 0 Å². The van der Waals surface area contributed by atoms with Crippen molar-refractivity contribution in [3.05, 3.63) is 16.1 Å². The van der Waals surface area contributed by atoms with Crippen LogP contribution in [0.3, 0.4) is 0 Å². The van der Waals surface area contributed by atoms with Crippen molar-refractivity contribution in [1.29, 1.82) is 0 Å². The first-order chi connectivity index (χ1) is 11.6. The number of ether oxygens (including phenoxy) is 1. The van der Waals surface area contributed by atoms with E-state index in [1.165, 1.54) is 19.3 Å². The number of nitrogens with one attached hydrogen (secondary N) is 1. The highest BCUT2D eigenvalue weighted by Gasteiger charge is 2.39. The zero-order valence-corrected chi connectivity index (χ0v) is 15.5. The molecule has 1 amide bonds. The van der Waals surface area contributed by atoms with Crippen molar-refractivity contribution in [3.8, 4) is 0 Å². The van der Waals surface area contributed by atoms with Gasteiger partial charge in [0.25, 0.3) is 0 Å². The molecule has 0 aliphatic heterocycles. The first-order valence-corrected chi connectivity index (χ1v) is 10.1. The molecule has 134 valence electrons. The average molecular weight is 352 g/mol. The number of hydrogen-bond acceptors (Lipinski definition) is 5. The Labute approximate surface area is 148 Å². The number of hydrogen-bond donors (Lipinski definition) is 2. The summed E-state index contributed by atoms with van der Waals surface area (Å²) in [5.41, 5.74) is 7.01. The molecule has 2 bridgehead atoms. The average Bonchev–Trinajstić information content (AvgIpc) is 2.97. The van der Waals surface area contributed by atoms with E-state index in [1.807, 2.05) is 19.2 Å². The van der Waals surface area contributed by atoms with E-state index in [0.29, 0.717) is 36.9 Å². The summed E-state index contributed by atoms with van der Waals surface area (Å²) in [5.74, 6) is 1.20. The predicted octanol–water partition coefficient (Wildman–Crippen LogP) is 2.81. The summed E-state index contributed by atoms with van der Waals surface area (Å²) >= 11 is 1.57. The summed E-state index contributed by atoms with van der Waals surface area (Å²) in [6, 6.07) is 0.626. The van der Waals surface area contributed by atoms with Gasteiger partial charge in [-0.2, -0.15) is 0 Å². The fourth-order valence-electron chi connectivity index (χ4n) is 4.34. The highest BCUT2D eigenvalue weighted by molar-refractivity contribution is 7.09. The summed E-state index contributed by atoms with van der Waals surface area (Å²) in [4.78, 5) is 17.0. The van der Waals surface area contributed by atoms with Crippen LogP contribution in [-0.2, 0) is 16.0 Å². The molecule has 3 N–H and O–H groups in total. The van der Waals surface area contributed by atoms with Crippen molar-refractivity contribution in [3.63, 3.8) is 0 Å². The summed E-state index contributed by atoms with van der Waals surface area (Å²) < 4.78 is 5.56. The number of aromatic nitrogens is 1. The number of carbonyl (C=O) groups is 1. The molecule has 2 aliphatic carbocycles. The first kappa shape index (κ1) is 17.8. The van der Waals surface area contributed by atoms with E-state index in [-0.39, 0.29) is 12.0 Å². The van der Waals surface area contributed by atoms with Crippen molar-refractivity contribution in [2.75, 3.05) is 6.61 Å². The van der Waals surface area contributed by atoms with Crippen LogP contribution in [-0.4, -0.2) is 29.6 Å². The molecule has 2 aliphatic rings. The van der Waals surface area contributed by atoms with Crippen LogP contribution in [0.5, 0.6) is 0 Å². The van der Waals surface area contributed by atoms with E-state index in [1.54, 1.807) is 11.3 Å². The molecule has 3 unspecified atom stereocenters. The molecular weight excluding hydrogens is 322 g/mol. The van der Waals surface area contributed by atoms with E-state index in [2.05, 4.69) is 10.3 Å². The van der Waals surface area contributed by atoms with Crippen molar-refractivity contribution in [1.82, 2.24) is 10.3 Å². The van der Waals surface area contributed by atoms with Crippen LogP contribution < -0.4 is 11.1 Å². The third-order valence-corrected chi connectivity index (χ3v) is 6.43. The topological polar surface area (TPSA) is 77.2 Å². The molecule has 0 aromatic carbocycles. The Hall–Kier alpha value is -0.980. The zero-order valence-electron chi connectivity index (χ0n) is 14.7. The largest absolute Gasteiger partial charge is 0.372 e. The van der Waals surface area contributed by atoms with Gasteiger partial charge in [-0.05, 0) is 51.4 Å². The predicted molar refractivity (Wildman–Crippen MR) is 95.8 cm³/mol. The van der Waals surface area contributed by atoms with Crippen LogP contribution in [0.2, 0.25) is 0 Å². The van der Waals surface area contributed by atoms with E-state index in [0.717, 1.165) is 23.5 Å². The Morgan fingerprint density at radius 1 is 1.46 bits per heavy atom.